The highest BCUT2D eigenvalue weighted by molar-refractivity contribution is 6.02. The third-order valence-corrected chi connectivity index (χ3v) is 3.81. The molecule has 1 aromatic rings. The number of hydrogen-bond acceptors (Lipinski definition) is 3. The van der Waals surface area contributed by atoms with Crippen molar-refractivity contribution in [2.24, 2.45) is 5.92 Å². The Bertz CT molecular complexity index is 533. The van der Waals surface area contributed by atoms with Crippen LogP contribution >= 0.6 is 0 Å². The summed E-state index contributed by atoms with van der Waals surface area (Å²) >= 11 is 0. The zero-order chi connectivity index (χ0) is 14.2. The lowest BCUT2D eigenvalue weighted by Crippen LogP contribution is -2.34. The van der Waals surface area contributed by atoms with E-state index >= 15 is 0 Å². The van der Waals surface area contributed by atoms with Crippen LogP contribution < -0.4 is 4.74 Å². The molecule has 0 saturated heterocycles. The quantitative estimate of drug-likeness (QED) is 0.909. The predicted octanol–water partition coefficient (Wildman–Crippen LogP) is 2.61. The van der Waals surface area contributed by atoms with Crippen molar-refractivity contribution in [3.8, 4) is 5.75 Å². The van der Waals surface area contributed by atoms with Gasteiger partial charge in [0.2, 0.25) is 0 Å². The fourth-order valence-corrected chi connectivity index (χ4v) is 2.34. The Kier molecular flexibility index (Phi) is 3.60. The second-order valence-corrected chi connectivity index (χ2v) is 5.10. The summed E-state index contributed by atoms with van der Waals surface area (Å²) in [6.45, 7) is 5.63. The monoisotopic (exact) mass is 262 g/mol. The summed E-state index contributed by atoms with van der Waals surface area (Å²) in [5, 5.41) is 8.74. The fraction of sp³-hybridized carbons (Fsp3) is 0.467. The molecule has 1 aromatic carbocycles. The van der Waals surface area contributed by atoms with Crippen LogP contribution in [0.25, 0.3) is 0 Å². The molecule has 2 unspecified atom stereocenters. The maximum atomic E-state index is 12.2. The van der Waals surface area contributed by atoms with Gasteiger partial charge < -0.3 is 9.84 Å². The Hall–Kier alpha value is -1.84. The molecule has 102 valence electrons. The standard InChI is InChI=1S/C15H18O4/c1-8-10(3)19-15-9(2)11(5-7-13(16)17)4-6-12(15)14(8)18/h4,6,8,10H,5,7H2,1-3H3,(H,16,17). The van der Waals surface area contributed by atoms with Gasteiger partial charge >= 0.3 is 5.97 Å². The molecule has 0 fully saturated rings. The molecule has 0 spiro atoms. The number of benzene rings is 1. The molecule has 1 heterocycles. The minimum absolute atomic E-state index is 0.0829. The van der Waals surface area contributed by atoms with E-state index < -0.39 is 5.97 Å². The second kappa shape index (κ2) is 5.03. The van der Waals surface area contributed by atoms with Crippen molar-refractivity contribution in [3.05, 3.63) is 28.8 Å². The summed E-state index contributed by atoms with van der Waals surface area (Å²) in [6, 6.07) is 3.59. The van der Waals surface area contributed by atoms with Crippen LogP contribution in [0.15, 0.2) is 12.1 Å². The average molecular weight is 262 g/mol. The van der Waals surface area contributed by atoms with Crippen LogP contribution in [-0.4, -0.2) is 23.0 Å². The summed E-state index contributed by atoms with van der Waals surface area (Å²) in [6.07, 6.45) is 0.392. The van der Waals surface area contributed by atoms with Gasteiger partial charge in [0.05, 0.1) is 11.5 Å². The van der Waals surface area contributed by atoms with Gasteiger partial charge in [-0.2, -0.15) is 0 Å². The maximum absolute atomic E-state index is 12.2. The summed E-state index contributed by atoms with van der Waals surface area (Å²) in [4.78, 5) is 22.8. The molecule has 1 aliphatic heterocycles. The van der Waals surface area contributed by atoms with E-state index in [0.29, 0.717) is 17.7 Å². The van der Waals surface area contributed by atoms with Gasteiger partial charge in [-0.15, -0.1) is 0 Å². The van der Waals surface area contributed by atoms with Crippen LogP contribution in [0.1, 0.15) is 41.8 Å². The number of rotatable bonds is 3. The summed E-state index contributed by atoms with van der Waals surface area (Å²) in [5.41, 5.74) is 2.42. The first-order valence-corrected chi connectivity index (χ1v) is 6.47. The van der Waals surface area contributed by atoms with Crippen LogP contribution in [0.5, 0.6) is 5.75 Å². The molecule has 1 N–H and O–H groups in total. The van der Waals surface area contributed by atoms with E-state index in [2.05, 4.69) is 0 Å². The highest BCUT2D eigenvalue weighted by Gasteiger charge is 2.32. The molecule has 4 heteroatoms. The van der Waals surface area contributed by atoms with Gasteiger partial charge in [-0.1, -0.05) is 13.0 Å². The molecule has 0 radical (unpaired) electrons. The van der Waals surface area contributed by atoms with Gasteiger partial charge in [0.25, 0.3) is 0 Å². The lowest BCUT2D eigenvalue weighted by atomic mass is 9.88. The highest BCUT2D eigenvalue weighted by Crippen LogP contribution is 2.35. The molecule has 0 saturated carbocycles. The lowest BCUT2D eigenvalue weighted by molar-refractivity contribution is -0.136. The van der Waals surface area contributed by atoms with Crippen LogP contribution in [0.3, 0.4) is 0 Å². The number of carboxylic acid groups (broad SMARTS) is 1. The van der Waals surface area contributed by atoms with Crippen molar-refractivity contribution in [2.45, 2.75) is 39.7 Å². The number of aliphatic carboxylic acids is 1. The molecule has 0 bridgehead atoms. The van der Waals surface area contributed by atoms with Crippen molar-refractivity contribution >= 4 is 11.8 Å². The van der Waals surface area contributed by atoms with E-state index in [0.717, 1.165) is 11.1 Å². The number of hydrogen-bond donors (Lipinski definition) is 1. The Morgan fingerprint density at radius 1 is 1.37 bits per heavy atom. The first-order chi connectivity index (χ1) is 8.91. The normalized spacial score (nSPS) is 21.7. The van der Waals surface area contributed by atoms with Crippen LogP contribution in [0.4, 0.5) is 0 Å². The number of ether oxygens (including phenoxy) is 1. The molecule has 0 amide bonds. The number of Topliss-reactive ketones (excluding diaryl/α,β-unsaturated/α-hetero) is 1. The minimum atomic E-state index is -0.823. The molecule has 2 rings (SSSR count). The van der Waals surface area contributed by atoms with Gasteiger partial charge in [0, 0.05) is 6.42 Å². The SMILES string of the molecule is Cc1c(CCC(=O)O)ccc2c1OC(C)C(C)C2=O. The summed E-state index contributed by atoms with van der Waals surface area (Å²) in [7, 11) is 0. The maximum Gasteiger partial charge on any atom is 0.303 e. The van der Waals surface area contributed by atoms with Crippen LogP contribution in [0, 0.1) is 12.8 Å². The number of ketones is 1. The average Bonchev–Trinajstić information content (AvgIpc) is 2.36. The Balaban J connectivity index is 2.37. The van der Waals surface area contributed by atoms with Crippen molar-refractivity contribution in [3.63, 3.8) is 0 Å². The smallest absolute Gasteiger partial charge is 0.303 e. The zero-order valence-electron chi connectivity index (χ0n) is 11.4. The molecule has 2 atom stereocenters. The number of fused-ring (bicyclic) bond motifs is 1. The van der Waals surface area contributed by atoms with E-state index in [1.807, 2.05) is 26.8 Å². The first kappa shape index (κ1) is 13.6. The molecular weight excluding hydrogens is 244 g/mol. The Labute approximate surface area is 112 Å². The highest BCUT2D eigenvalue weighted by atomic mass is 16.5. The minimum Gasteiger partial charge on any atom is -0.489 e. The second-order valence-electron chi connectivity index (χ2n) is 5.10. The summed E-state index contributed by atoms with van der Waals surface area (Å²) < 4.78 is 5.82. The van der Waals surface area contributed by atoms with E-state index in [1.165, 1.54) is 0 Å². The van der Waals surface area contributed by atoms with Gasteiger partial charge in [-0.25, -0.2) is 0 Å². The van der Waals surface area contributed by atoms with Crippen molar-refractivity contribution in [2.75, 3.05) is 0 Å². The van der Waals surface area contributed by atoms with E-state index in [1.54, 1.807) is 6.07 Å². The summed E-state index contributed by atoms with van der Waals surface area (Å²) in [5.74, 6) is -0.243. The van der Waals surface area contributed by atoms with Crippen molar-refractivity contribution in [1.29, 1.82) is 0 Å². The fourth-order valence-electron chi connectivity index (χ4n) is 2.34. The van der Waals surface area contributed by atoms with Crippen LogP contribution in [0.2, 0.25) is 0 Å². The number of aryl methyl sites for hydroxylation is 1. The van der Waals surface area contributed by atoms with Gasteiger partial charge in [0.15, 0.2) is 5.78 Å². The first-order valence-electron chi connectivity index (χ1n) is 6.47. The molecule has 0 aromatic heterocycles. The number of carbonyl (C=O) groups excluding carboxylic acids is 1. The molecule has 1 aliphatic rings. The van der Waals surface area contributed by atoms with Gasteiger partial charge in [-0.3, -0.25) is 9.59 Å². The third-order valence-electron chi connectivity index (χ3n) is 3.81. The predicted molar refractivity (Wildman–Crippen MR) is 70.7 cm³/mol. The topological polar surface area (TPSA) is 63.6 Å². The molecule has 4 nitrogen and oxygen atoms in total. The van der Waals surface area contributed by atoms with E-state index in [9.17, 15) is 9.59 Å². The van der Waals surface area contributed by atoms with Gasteiger partial charge in [-0.05, 0) is 37.5 Å². The van der Waals surface area contributed by atoms with E-state index in [4.69, 9.17) is 9.84 Å². The number of carboxylic acids is 1. The van der Waals surface area contributed by atoms with Crippen LogP contribution in [-0.2, 0) is 11.2 Å². The van der Waals surface area contributed by atoms with Crippen molar-refractivity contribution in [1.82, 2.24) is 0 Å². The Morgan fingerprint density at radius 3 is 2.68 bits per heavy atom. The zero-order valence-corrected chi connectivity index (χ0v) is 11.4. The van der Waals surface area contributed by atoms with Gasteiger partial charge in [0.1, 0.15) is 11.9 Å². The molecular formula is C15H18O4. The molecule has 19 heavy (non-hydrogen) atoms. The largest absolute Gasteiger partial charge is 0.489 e. The molecule has 0 aliphatic carbocycles. The van der Waals surface area contributed by atoms with Crippen molar-refractivity contribution < 1.29 is 19.4 Å². The number of carbonyl (C=O) groups is 2. The van der Waals surface area contributed by atoms with E-state index in [-0.39, 0.29) is 24.2 Å². The Morgan fingerprint density at radius 2 is 2.05 bits per heavy atom. The third kappa shape index (κ3) is 2.48. The lowest BCUT2D eigenvalue weighted by Gasteiger charge is -2.29.